The lowest BCUT2D eigenvalue weighted by atomic mass is 9.90. The van der Waals surface area contributed by atoms with E-state index in [4.69, 9.17) is 14.2 Å². The van der Waals surface area contributed by atoms with Gasteiger partial charge in [-0.1, -0.05) is 22.0 Å². The second kappa shape index (κ2) is 6.23. The van der Waals surface area contributed by atoms with E-state index in [1.807, 2.05) is 32.9 Å². The minimum atomic E-state index is -0.474. The zero-order valence-corrected chi connectivity index (χ0v) is 15.3. The highest BCUT2D eigenvalue weighted by molar-refractivity contribution is 9.09. The molecule has 2 heterocycles. The summed E-state index contributed by atoms with van der Waals surface area (Å²) < 4.78 is 16.3. The summed E-state index contributed by atoms with van der Waals surface area (Å²) in [6.45, 7) is 7.29. The van der Waals surface area contributed by atoms with Crippen molar-refractivity contribution in [3.8, 4) is 11.5 Å². The van der Waals surface area contributed by atoms with Crippen molar-refractivity contribution in [2.24, 2.45) is 5.92 Å². The van der Waals surface area contributed by atoms with Gasteiger partial charge in [-0.2, -0.15) is 0 Å². The summed E-state index contributed by atoms with van der Waals surface area (Å²) in [5.74, 6) is 2.18. The molecule has 0 aliphatic carbocycles. The summed E-state index contributed by atoms with van der Waals surface area (Å²) in [4.78, 5) is 14.1. The van der Waals surface area contributed by atoms with Gasteiger partial charge in [0.15, 0.2) is 11.5 Å². The highest BCUT2D eigenvalue weighted by Crippen LogP contribution is 2.40. The monoisotopic (exact) mass is 383 g/mol. The third-order valence-electron chi connectivity index (χ3n) is 4.12. The van der Waals surface area contributed by atoms with Crippen molar-refractivity contribution < 1.29 is 19.0 Å². The number of ether oxygens (including phenoxy) is 3. The van der Waals surface area contributed by atoms with E-state index >= 15 is 0 Å². The van der Waals surface area contributed by atoms with Gasteiger partial charge in [0.1, 0.15) is 5.60 Å². The summed E-state index contributed by atoms with van der Waals surface area (Å²) in [5, 5.41) is 0.839. The smallest absolute Gasteiger partial charge is 0.410 e. The number of rotatable bonds is 2. The van der Waals surface area contributed by atoms with E-state index in [0.29, 0.717) is 19.0 Å². The van der Waals surface area contributed by atoms with Crippen molar-refractivity contribution in [1.29, 1.82) is 0 Å². The molecule has 23 heavy (non-hydrogen) atoms. The Morgan fingerprint density at radius 2 is 2.04 bits per heavy atom. The predicted octanol–water partition coefficient (Wildman–Crippen LogP) is 3.76. The van der Waals surface area contributed by atoms with Crippen molar-refractivity contribution in [2.75, 3.05) is 25.2 Å². The number of benzene rings is 1. The van der Waals surface area contributed by atoms with Gasteiger partial charge in [-0.25, -0.2) is 4.79 Å². The predicted molar refractivity (Wildman–Crippen MR) is 90.4 cm³/mol. The molecule has 1 amide bonds. The molecule has 0 bridgehead atoms. The quantitative estimate of drug-likeness (QED) is 0.729. The van der Waals surface area contributed by atoms with Crippen LogP contribution in [0.15, 0.2) is 18.2 Å². The molecule has 0 radical (unpaired) electrons. The fourth-order valence-corrected chi connectivity index (χ4v) is 3.68. The number of hydrogen-bond donors (Lipinski definition) is 0. The lowest BCUT2D eigenvalue weighted by Gasteiger charge is -2.24. The molecular weight excluding hydrogens is 362 g/mol. The summed E-state index contributed by atoms with van der Waals surface area (Å²) >= 11 is 3.58. The molecule has 2 aliphatic heterocycles. The molecule has 0 aromatic heterocycles. The Kier molecular flexibility index (Phi) is 4.45. The molecule has 1 saturated heterocycles. The summed E-state index contributed by atoms with van der Waals surface area (Å²) in [6.07, 6.45) is -0.244. The lowest BCUT2D eigenvalue weighted by Crippen LogP contribution is -2.35. The first kappa shape index (κ1) is 16.4. The number of likely N-dealkylation sites (tertiary alicyclic amines) is 1. The molecule has 3 rings (SSSR count). The first-order chi connectivity index (χ1) is 10.9. The van der Waals surface area contributed by atoms with Crippen LogP contribution >= 0.6 is 15.9 Å². The van der Waals surface area contributed by atoms with Gasteiger partial charge in [0.05, 0.1) is 0 Å². The van der Waals surface area contributed by atoms with Crippen LogP contribution < -0.4 is 9.47 Å². The van der Waals surface area contributed by atoms with Crippen LogP contribution in [0, 0.1) is 5.92 Å². The molecule has 0 N–H and O–H groups in total. The van der Waals surface area contributed by atoms with Crippen LogP contribution in [0.3, 0.4) is 0 Å². The maximum absolute atomic E-state index is 12.3. The van der Waals surface area contributed by atoms with Gasteiger partial charge in [0, 0.05) is 24.3 Å². The van der Waals surface area contributed by atoms with Crippen LogP contribution in [0.5, 0.6) is 11.5 Å². The van der Waals surface area contributed by atoms with Gasteiger partial charge in [-0.3, -0.25) is 0 Å². The van der Waals surface area contributed by atoms with E-state index < -0.39 is 5.60 Å². The van der Waals surface area contributed by atoms with E-state index in [2.05, 4.69) is 22.0 Å². The molecular formula is C17H22BrNO4. The topological polar surface area (TPSA) is 48.0 Å². The van der Waals surface area contributed by atoms with Gasteiger partial charge in [0.2, 0.25) is 6.79 Å². The number of fused-ring (bicyclic) bond motifs is 1. The number of amides is 1. The average Bonchev–Trinajstić information content (AvgIpc) is 3.11. The zero-order valence-electron chi connectivity index (χ0n) is 13.7. The van der Waals surface area contributed by atoms with Crippen LogP contribution in [0.1, 0.15) is 32.3 Å². The normalized spacial score (nSPS) is 23.2. The van der Waals surface area contributed by atoms with Crippen LogP contribution in [-0.4, -0.2) is 41.8 Å². The Labute approximate surface area is 145 Å². The Bertz CT molecular complexity index is 599. The van der Waals surface area contributed by atoms with Crippen molar-refractivity contribution in [3.05, 3.63) is 23.8 Å². The van der Waals surface area contributed by atoms with Crippen molar-refractivity contribution in [3.63, 3.8) is 0 Å². The second-order valence-corrected chi connectivity index (χ2v) is 7.67. The van der Waals surface area contributed by atoms with Gasteiger partial charge in [-0.15, -0.1) is 0 Å². The van der Waals surface area contributed by atoms with Crippen LogP contribution in [0.4, 0.5) is 4.79 Å². The number of halogens is 1. The molecule has 2 atom stereocenters. The molecule has 0 spiro atoms. The van der Waals surface area contributed by atoms with Crippen molar-refractivity contribution in [2.45, 2.75) is 32.3 Å². The maximum Gasteiger partial charge on any atom is 0.410 e. The van der Waals surface area contributed by atoms with Crippen molar-refractivity contribution >= 4 is 22.0 Å². The SMILES string of the molecule is CC(C)(C)OC(=O)N1C[C@H](CBr)[C@@H](c2ccc3c(c2)OCO3)C1. The molecule has 0 saturated carbocycles. The largest absolute Gasteiger partial charge is 0.454 e. The second-order valence-electron chi connectivity index (χ2n) is 7.02. The van der Waals surface area contributed by atoms with Crippen LogP contribution in [0.2, 0.25) is 0 Å². The number of hydrogen-bond acceptors (Lipinski definition) is 4. The summed E-state index contributed by atoms with van der Waals surface area (Å²) in [6, 6.07) is 6.03. The highest BCUT2D eigenvalue weighted by atomic mass is 79.9. The molecule has 6 heteroatoms. The highest BCUT2D eigenvalue weighted by Gasteiger charge is 2.37. The van der Waals surface area contributed by atoms with Gasteiger partial charge < -0.3 is 19.1 Å². The first-order valence-corrected chi connectivity index (χ1v) is 8.93. The summed E-state index contributed by atoms with van der Waals surface area (Å²) in [5.41, 5.74) is 0.697. The van der Waals surface area contributed by atoms with E-state index in [1.165, 1.54) is 5.56 Å². The van der Waals surface area contributed by atoms with Gasteiger partial charge >= 0.3 is 6.09 Å². The standard InChI is InChI=1S/C17H22BrNO4/c1-17(2,3)23-16(20)19-8-12(7-18)13(9-19)11-4-5-14-15(6-11)22-10-21-14/h4-6,12-13H,7-10H2,1-3H3/t12-,13+/m0/s1. The minimum Gasteiger partial charge on any atom is -0.454 e. The summed E-state index contributed by atoms with van der Waals surface area (Å²) in [7, 11) is 0. The fraction of sp³-hybridized carbons (Fsp3) is 0.588. The van der Waals surface area contributed by atoms with E-state index in [9.17, 15) is 4.79 Å². The van der Waals surface area contributed by atoms with Crippen molar-refractivity contribution in [1.82, 2.24) is 4.90 Å². The third kappa shape index (κ3) is 3.57. The van der Waals surface area contributed by atoms with E-state index in [-0.39, 0.29) is 18.8 Å². The number of carbonyl (C=O) groups is 1. The molecule has 126 valence electrons. The Morgan fingerprint density at radius 1 is 1.30 bits per heavy atom. The number of nitrogens with zero attached hydrogens (tertiary/aromatic N) is 1. The Morgan fingerprint density at radius 3 is 2.74 bits per heavy atom. The molecule has 1 aromatic rings. The third-order valence-corrected chi connectivity index (χ3v) is 4.95. The maximum atomic E-state index is 12.3. The average molecular weight is 384 g/mol. The first-order valence-electron chi connectivity index (χ1n) is 7.81. The van der Waals surface area contributed by atoms with E-state index in [1.54, 1.807) is 4.90 Å². The minimum absolute atomic E-state index is 0.244. The van der Waals surface area contributed by atoms with E-state index in [0.717, 1.165) is 16.8 Å². The molecule has 5 nitrogen and oxygen atoms in total. The Hall–Kier alpha value is -1.43. The van der Waals surface area contributed by atoms with Gasteiger partial charge in [-0.05, 0) is 44.4 Å². The molecule has 1 aromatic carbocycles. The number of carbonyl (C=O) groups excluding carboxylic acids is 1. The lowest BCUT2D eigenvalue weighted by molar-refractivity contribution is 0.0288. The Balaban J connectivity index is 1.76. The molecule has 2 aliphatic rings. The zero-order chi connectivity index (χ0) is 16.6. The van der Waals surface area contributed by atoms with Gasteiger partial charge in [0.25, 0.3) is 0 Å². The fourth-order valence-electron chi connectivity index (χ4n) is 3.02. The molecule has 1 fully saturated rings. The molecule has 0 unspecified atom stereocenters. The number of alkyl halides is 1. The van der Waals surface area contributed by atoms with Crippen LogP contribution in [-0.2, 0) is 4.74 Å². The van der Waals surface area contributed by atoms with Crippen LogP contribution in [0.25, 0.3) is 0 Å².